The van der Waals surface area contributed by atoms with Gasteiger partial charge in [0.05, 0.1) is 11.0 Å². The zero-order valence-corrected chi connectivity index (χ0v) is 17.4. The topological polar surface area (TPSA) is 72.5 Å². The highest BCUT2D eigenvalue weighted by molar-refractivity contribution is 14.0. The predicted molar refractivity (Wildman–Crippen MR) is 112 cm³/mol. The van der Waals surface area contributed by atoms with Crippen LogP contribution in [0.2, 0.25) is 0 Å². The van der Waals surface area contributed by atoms with Crippen LogP contribution in [0.25, 0.3) is 0 Å². The van der Waals surface area contributed by atoms with Crippen LogP contribution in [-0.2, 0) is 6.42 Å². The number of halogens is 2. The normalized spacial score (nSPS) is 12.2. The molecule has 1 heterocycles. The van der Waals surface area contributed by atoms with Gasteiger partial charge in [-0.2, -0.15) is 0 Å². The second-order valence-electron chi connectivity index (χ2n) is 5.08. The third-order valence-electron chi connectivity index (χ3n) is 3.10. The van der Waals surface area contributed by atoms with E-state index < -0.39 is 0 Å². The first kappa shape index (κ1) is 20.7. The molecule has 2 aromatic rings. The Morgan fingerprint density at radius 3 is 2.75 bits per heavy atom. The van der Waals surface area contributed by atoms with Gasteiger partial charge in [-0.25, -0.2) is 4.99 Å². The minimum atomic E-state index is -0.0650. The van der Waals surface area contributed by atoms with Gasteiger partial charge in [-0.05, 0) is 47.1 Å². The van der Waals surface area contributed by atoms with Crippen LogP contribution in [0.3, 0.4) is 0 Å². The first-order valence-electron chi connectivity index (χ1n) is 7.50. The van der Waals surface area contributed by atoms with Gasteiger partial charge in [-0.3, -0.25) is 4.98 Å². The smallest absolute Gasteiger partial charge is 0.188 e. The van der Waals surface area contributed by atoms with Crippen molar-refractivity contribution in [2.45, 2.75) is 19.4 Å². The maximum Gasteiger partial charge on any atom is 0.188 e. The summed E-state index contributed by atoms with van der Waals surface area (Å²) in [5.41, 5.74) is 6.89. The number of pyridine rings is 1. The molecular formula is C17H22BrIN4O. The van der Waals surface area contributed by atoms with Crippen LogP contribution in [0.5, 0.6) is 5.75 Å². The standard InChI is InChI=1S/C17H21BrN4O.HI/c1-13(23-16-8-3-2-7-15(16)18)12-22-17(19)21-11-9-14-6-4-5-10-20-14;/h2-8,10,13H,9,11-12H2,1H3,(H3,19,21,22);1H. The Morgan fingerprint density at radius 1 is 1.29 bits per heavy atom. The summed E-state index contributed by atoms with van der Waals surface area (Å²) in [5, 5.41) is 3.08. The van der Waals surface area contributed by atoms with E-state index in [4.69, 9.17) is 10.5 Å². The lowest BCUT2D eigenvalue weighted by atomic mass is 10.3. The van der Waals surface area contributed by atoms with Crippen molar-refractivity contribution in [1.29, 1.82) is 0 Å². The number of guanidine groups is 1. The fourth-order valence-electron chi connectivity index (χ4n) is 1.94. The van der Waals surface area contributed by atoms with Crippen LogP contribution >= 0.6 is 39.9 Å². The number of nitrogens with one attached hydrogen (secondary N) is 1. The highest BCUT2D eigenvalue weighted by Crippen LogP contribution is 2.24. The van der Waals surface area contributed by atoms with E-state index in [0.29, 0.717) is 19.0 Å². The molecule has 0 amide bonds. The average Bonchev–Trinajstić information content (AvgIpc) is 2.56. The van der Waals surface area contributed by atoms with Crippen molar-refractivity contribution in [3.63, 3.8) is 0 Å². The van der Waals surface area contributed by atoms with E-state index in [1.54, 1.807) is 6.20 Å². The average molecular weight is 505 g/mol. The summed E-state index contributed by atoms with van der Waals surface area (Å²) in [5.74, 6) is 1.22. The number of nitrogens with two attached hydrogens (primary N) is 1. The molecule has 0 radical (unpaired) electrons. The minimum Gasteiger partial charge on any atom is -0.488 e. The molecule has 1 atom stereocenters. The van der Waals surface area contributed by atoms with Crippen molar-refractivity contribution in [2.75, 3.05) is 13.1 Å². The number of nitrogens with zero attached hydrogens (tertiary/aromatic N) is 2. The molecule has 24 heavy (non-hydrogen) atoms. The summed E-state index contributed by atoms with van der Waals surface area (Å²) in [6, 6.07) is 13.6. The van der Waals surface area contributed by atoms with Crippen LogP contribution < -0.4 is 15.8 Å². The Bertz CT molecular complexity index is 639. The van der Waals surface area contributed by atoms with Crippen LogP contribution in [-0.4, -0.2) is 30.1 Å². The van der Waals surface area contributed by atoms with Gasteiger partial charge in [0.2, 0.25) is 0 Å². The summed E-state index contributed by atoms with van der Waals surface area (Å²) in [6.07, 6.45) is 2.53. The summed E-state index contributed by atoms with van der Waals surface area (Å²) >= 11 is 3.46. The van der Waals surface area contributed by atoms with E-state index in [1.807, 2.05) is 49.4 Å². The summed E-state index contributed by atoms with van der Waals surface area (Å²) < 4.78 is 6.75. The molecule has 0 fully saturated rings. The number of hydrogen-bond acceptors (Lipinski definition) is 3. The Morgan fingerprint density at radius 2 is 2.04 bits per heavy atom. The predicted octanol–water partition coefficient (Wildman–Crippen LogP) is 3.38. The maximum atomic E-state index is 5.86. The molecule has 5 nitrogen and oxygen atoms in total. The van der Waals surface area contributed by atoms with E-state index >= 15 is 0 Å². The molecule has 0 aliphatic rings. The molecule has 3 N–H and O–H groups in total. The second kappa shape index (κ2) is 11.2. The Labute approximate surface area is 168 Å². The zero-order chi connectivity index (χ0) is 16.5. The summed E-state index contributed by atoms with van der Waals surface area (Å²) in [6.45, 7) is 3.15. The SMILES string of the molecule is CC(CN=C(N)NCCc1ccccn1)Oc1ccccc1Br.I. The molecular weight excluding hydrogens is 483 g/mol. The number of para-hydroxylation sites is 1. The molecule has 7 heteroatoms. The molecule has 2 rings (SSSR count). The molecule has 1 aromatic heterocycles. The number of aromatic nitrogens is 1. The largest absolute Gasteiger partial charge is 0.488 e. The zero-order valence-electron chi connectivity index (χ0n) is 13.5. The lowest BCUT2D eigenvalue weighted by Gasteiger charge is -2.14. The quantitative estimate of drug-likeness (QED) is 0.344. The van der Waals surface area contributed by atoms with Gasteiger partial charge in [0.25, 0.3) is 0 Å². The van der Waals surface area contributed by atoms with E-state index in [9.17, 15) is 0 Å². The van der Waals surface area contributed by atoms with E-state index in [0.717, 1.165) is 22.3 Å². The third kappa shape index (κ3) is 7.48. The molecule has 0 saturated carbocycles. The summed E-state index contributed by atoms with van der Waals surface area (Å²) in [7, 11) is 0. The van der Waals surface area contributed by atoms with Crippen molar-refractivity contribution < 1.29 is 4.74 Å². The van der Waals surface area contributed by atoms with Crippen molar-refractivity contribution >= 4 is 45.9 Å². The molecule has 0 aliphatic heterocycles. The van der Waals surface area contributed by atoms with Crippen molar-refractivity contribution in [3.8, 4) is 5.75 Å². The van der Waals surface area contributed by atoms with E-state index in [2.05, 4.69) is 31.2 Å². The molecule has 0 bridgehead atoms. The van der Waals surface area contributed by atoms with Gasteiger partial charge >= 0.3 is 0 Å². The van der Waals surface area contributed by atoms with Gasteiger partial charge in [0.1, 0.15) is 11.9 Å². The van der Waals surface area contributed by atoms with Gasteiger partial charge in [-0.15, -0.1) is 24.0 Å². The van der Waals surface area contributed by atoms with Crippen molar-refractivity contribution in [3.05, 3.63) is 58.8 Å². The number of rotatable bonds is 7. The lowest BCUT2D eigenvalue weighted by Crippen LogP contribution is -2.34. The van der Waals surface area contributed by atoms with Crippen LogP contribution in [0, 0.1) is 0 Å². The monoisotopic (exact) mass is 504 g/mol. The Kier molecular flexibility index (Phi) is 9.70. The fourth-order valence-corrected chi connectivity index (χ4v) is 2.32. The Hall–Kier alpha value is -1.35. The Balaban J connectivity index is 0.00000288. The molecule has 0 saturated heterocycles. The molecule has 1 unspecified atom stereocenters. The van der Waals surface area contributed by atoms with Gasteiger partial charge in [0, 0.05) is 24.9 Å². The van der Waals surface area contributed by atoms with Crippen molar-refractivity contribution in [2.24, 2.45) is 10.7 Å². The highest BCUT2D eigenvalue weighted by atomic mass is 127. The number of benzene rings is 1. The third-order valence-corrected chi connectivity index (χ3v) is 3.75. The maximum absolute atomic E-state index is 5.86. The lowest BCUT2D eigenvalue weighted by molar-refractivity contribution is 0.229. The molecule has 0 aliphatic carbocycles. The first-order chi connectivity index (χ1) is 11.1. The molecule has 1 aromatic carbocycles. The van der Waals surface area contributed by atoms with E-state index in [-0.39, 0.29) is 30.1 Å². The van der Waals surface area contributed by atoms with Gasteiger partial charge in [-0.1, -0.05) is 18.2 Å². The fraction of sp³-hybridized carbons (Fsp3) is 0.294. The first-order valence-corrected chi connectivity index (χ1v) is 8.29. The van der Waals surface area contributed by atoms with Gasteiger partial charge < -0.3 is 15.8 Å². The van der Waals surface area contributed by atoms with Gasteiger partial charge in [0.15, 0.2) is 5.96 Å². The van der Waals surface area contributed by atoms with Crippen LogP contribution in [0.1, 0.15) is 12.6 Å². The number of ether oxygens (including phenoxy) is 1. The van der Waals surface area contributed by atoms with Crippen LogP contribution in [0.15, 0.2) is 58.1 Å². The highest BCUT2D eigenvalue weighted by Gasteiger charge is 2.06. The summed E-state index contributed by atoms with van der Waals surface area (Å²) in [4.78, 5) is 8.56. The van der Waals surface area contributed by atoms with E-state index in [1.165, 1.54) is 0 Å². The number of hydrogen-bond donors (Lipinski definition) is 2. The van der Waals surface area contributed by atoms with Crippen molar-refractivity contribution in [1.82, 2.24) is 10.3 Å². The molecule has 130 valence electrons. The van der Waals surface area contributed by atoms with Crippen LogP contribution in [0.4, 0.5) is 0 Å². The number of aliphatic imine (C=N–C) groups is 1. The molecule has 0 spiro atoms. The minimum absolute atomic E-state index is 0. The second-order valence-corrected chi connectivity index (χ2v) is 5.94.